The Morgan fingerprint density at radius 2 is 2.22 bits per heavy atom. The topological polar surface area (TPSA) is 33.1 Å². The molecule has 4 nitrogen and oxygen atoms in total. The van der Waals surface area contributed by atoms with Crippen molar-refractivity contribution in [2.45, 2.75) is 12.5 Å². The maximum atomic E-state index is 4.46. The van der Waals surface area contributed by atoms with Gasteiger partial charge in [0.2, 0.25) is 0 Å². The highest BCUT2D eigenvalue weighted by molar-refractivity contribution is 5.80. The van der Waals surface area contributed by atoms with Gasteiger partial charge in [0.25, 0.3) is 0 Å². The number of hydrogen-bond donors (Lipinski definition) is 1. The van der Waals surface area contributed by atoms with Gasteiger partial charge >= 0.3 is 0 Å². The van der Waals surface area contributed by atoms with Crippen LogP contribution >= 0.6 is 0 Å². The van der Waals surface area contributed by atoms with Crippen molar-refractivity contribution < 1.29 is 0 Å². The van der Waals surface area contributed by atoms with Crippen LogP contribution in [-0.4, -0.2) is 41.1 Å². The van der Waals surface area contributed by atoms with E-state index in [1.54, 1.807) is 0 Å². The molecule has 1 fully saturated rings. The van der Waals surface area contributed by atoms with E-state index < -0.39 is 0 Å². The summed E-state index contributed by atoms with van der Waals surface area (Å²) < 4.78 is 2.13. The summed E-state index contributed by atoms with van der Waals surface area (Å²) >= 11 is 0. The minimum atomic E-state index is 0.447. The Kier molecular flexibility index (Phi) is 3.06. The molecule has 1 N–H and O–H groups in total. The molecule has 3 heterocycles. The smallest absolute Gasteiger partial charge is 0.139 e. The summed E-state index contributed by atoms with van der Waals surface area (Å²) in [6, 6.07) is 4.64. The third-order valence-corrected chi connectivity index (χ3v) is 3.82. The molecule has 1 saturated heterocycles. The third kappa shape index (κ3) is 2.02. The summed E-state index contributed by atoms with van der Waals surface area (Å²) in [6.07, 6.45) is 5.24. The second-order valence-corrected chi connectivity index (χ2v) is 5.17. The molecule has 1 atom stereocenters. The number of aryl methyl sites for hydroxylation is 1. The first kappa shape index (κ1) is 11.7. The van der Waals surface area contributed by atoms with Crippen LogP contribution in [0.15, 0.2) is 24.5 Å². The lowest BCUT2D eigenvalue weighted by atomic mass is 10.0. The Balaban J connectivity index is 1.98. The molecule has 18 heavy (non-hydrogen) atoms. The Morgan fingerprint density at radius 1 is 1.33 bits per heavy atom. The van der Waals surface area contributed by atoms with Crippen molar-refractivity contribution in [2.24, 2.45) is 7.05 Å². The zero-order valence-electron chi connectivity index (χ0n) is 11.1. The van der Waals surface area contributed by atoms with E-state index in [2.05, 4.69) is 46.1 Å². The molecule has 0 spiro atoms. The van der Waals surface area contributed by atoms with Gasteiger partial charge in [0.05, 0.1) is 0 Å². The molecular formula is C14H20N4. The van der Waals surface area contributed by atoms with E-state index in [1.807, 2.05) is 12.3 Å². The van der Waals surface area contributed by atoms with Gasteiger partial charge in [-0.15, -0.1) is 0 Å². The van der Waals surface area contributed by atoms with Crippen LogP contribution in [0, 0.1) is 0 Å². The highest BCUT2D eigenvalue weighted by atomic mass is 15.1. The minimum Gasteiger partial charge on any atom is -0.335 e. The van der Waals surface area contributed by atoms with Crippen LogP contribution in [0.4, 0.5) is 0 Å². The average molecular weight is 244 g/mol. The number of nitrogens with zero attached hydrogens (tertiary/aromatic N) is 3. The van der Waals surface area contributed by atoms with E-state index in [9.17, 15) is 0 Å². The molecule has 2 aromatic rings. The van der Waals surface area contributed by atoms with E-state index in [-0.39, 0.29) is 0 Å². The molecule has 0 bridgehead atoms. The van der Waals surface area contributed by atoms with E-state index in [4.69, 9.17) is 0 Å². The Morgan fingerprint density at radius 3 is 3.11 bits per heavy atom. The molecule has 96 valence electrons. The molecule has 2 aromatic heterocycles. The summed E-state index contributed by atoms with van der Waals surface area (Å²) in [7, 11) is 4.26. The number of nitrogens with one attached hydrogen (secondary N) is 1. The second kappa shape index (κ2) is 4.71. The highest BCUT2D eigenvalue weighted by Crippen LogP contribution is 2.27. The molecule has 0 radical (unpaired) electrons. The Hall–Kier alpha value is -1.39. The van der Waals surface area contributed by atoms with Gasteiger partial charge in [0.1, 0.15) is 5.65 Å². The SMILES string of the molecule is CN1CCNC(c2cn(C)c3ncccc23)CC1. The third-order valence-electron chi connectivity index (χ3n) is 3.82. The molecule has 1 aliphatic rings. The van der Waals surface area contributed by atoms with Crippen molar-refractivity contribution in [1.29, 1.82) is 0 Å². The predicted octanol–water partition coefficient (Wildman–Crippen LogP) is 1.54. The van der Waals surface area contributed by atoms with E-state index >= 15 is 0 Å². The lowest BCUT2D eigenvalue weighted by molar-refractivity contribution is 0.355. The molecule has 0 saturated carbocycles. The van der Waals surface area contributed by atoms with Crippen LogP contribution in [0.5, 0.6) is 0 Å². The summed E-state index contributed by atoms with van der Waals surface area (Å²) in [6.45, 7) is 3.33. The highest BCUT2D eigenvalue weighted by Gasteiger charge is 2.19. The van der Waals surface area contributed by atoms with Gasteiger partial charge < -0.3 is 14.8 Å². The monoisotopic (exact) mass is 244 g/mol. The van der Waals surface area contributed by atoms with Crippen LogP contribution in [0.2, 0.25) is 0 Å². The van der Waals surface area contributed by atoms with Crippen molar-refractivity contribution >= 4 is 11.0 Å². The van der Waals surface area contributed by atoms with Crippen molar-refractivity contribution in [2.75, 3.05) is 26.7 Å². The van der Waals surface area contributed by atoms with Gasteiger partial charge in [-0.2, -0.15) is 0 Å². The first-order valence-corrected chi connectivity index (χ1v) is 6.57. The van der Waals surface area contributed by atoms with Gasteiger partial charge in [0, 0.05) is 44.0 Å². The maximum Gasteiger partial charge on any atom is 0.139 e. The van der Waals surface area contributed by atoms with Crippen molar-refractivity contribution in [3.63, 3.8) is 0 Å². The maximum absolute atomic E-state index is 4.46. The Labute approximate surface area is 108 Å². The largest absolute Gasteiger partial charge is 0.335 e. The van der Waals surface area contributed by atoms with Crippen molar-refractivity contribution in [3.8, 4) is 0 Å². The summed E-state index contributed by atoms with van der Waals surface area (Å²) in [4.78, 5) is 6.84. The van der Waals surface area contributed by atoms with Gasteiger partial charge in [-0.3, -0.25) is 0 Å². The minimum absolute atomic E-state index is 0.447. The van der Waals surface area contributed by atoms with E-state index in [0.29, 0.717) is 6.04 Å². The number of aromatic nitrogens is 2. The van der Waals surface area contributed by atoms with Crippen LogP contribution in [0.25, 0.3) is 11.0 Å². The van der Waals surface area contributed by atoms with E-state index in [1.165, 1.54) is 10.9 Å². The fourth-order valence-corrected chi connectivity index (χ4v) is 2.78. The lowest BCUT2D eigenvalue weighted by Crippen LogP contribution is -2.24. The van der Waals surface area contributed by atoms with Crippen LogP contribution < -0.4 is 5.32 Å². The second-order valence-electron chi connectivity index (χ2n) is 5.17. The fraction of sp³-hybridized carbons (Fsp3) is 0.500. The molecular weight excluding hydrogens is 224 g/mol. The molecule has 1 aliphatic heterocycles. The van der Waals surface area contributed by atoms with Gasteiger partial charge in [-0.05, 0) is 37.7 Å². The summed E-state index contributed by atoms with van der Waals surface area (Å²) in [5, 5.41) is 4.93. The number of pyridine rings is 1. The van der Waals surface area contributed by atoms with Crippen LogP contribution in [0.1, 0.15) is 18.0 Å². The number of hydrogen-bond acceptors (Lipinski definition) is 3. The predicted molar refractivity (Wildman–Crippen MR) is 73.6 cm³/mol. The van der Waals surface area contributed by atoms with Crippen LogP contribution in [0.3, 0.4) is 0 Å². The standard InChI is InChI=1S/C14H20N4/c1-17-8-5-13(15-7-9-17)12-10-18(2)14-11(12)4-3-6-16-14/h3-4,6,10,13,15H,5,7-9H2,1-2H3. The number of likely N-dealkylation sites (N-methyl/N-ethyl adjacent to an activating group) is 1. The molecule has 0 aliphatic carbocycles. The fourth-order valence-electron chi connectivity index (χ4n) is 2.78. The molecule has 4 heteroatoms. The lowest BCUT2D eigenvalue weighted by Gasteiger charge is -2.14. The molecule has 3 rings (SSSR count). The van der Waals surface area contributed by atoms with Crippen molar-refractivity contribution in [1.82, 2.24) is 19.8 Å². The quantitative estimate of drug-likeness (QED) is 0.826. The van der Waals surface area contributed by atoms with Gasteiger partial charge in [-0.1, -0.05) is 0 Å². The normalized spacial score (nSPS) is 22.2. The van der Waals surface area contributed by atoms with Crippen LogP contribution in [-0.2, 0) is 7.05 Å². The zero-order valence-corrected chi connectivity index (χ0v) is 11.1. The molecule has 1 unspecified atom stereocenters. The van der Waals surface area contributed by atoms with Crippen molar-refractivity contribution in [3.05, 3.63) is 30.1 Å². The first-order valence-electron chi connectivity index (χ1n) is 6.57. The van der Waals surface area contributed by atoms with Gasteiger partial charge in [0.15, 0.2) is 0 Å². The van der Waals surface area contributed by atoms with E-state index in [0.717, 1.165) is 31.7 Å². The van der Waals surface area contributed by atoms with Gasteiger partial charge in [-0.25, -0.2) is 4.98 Å². The Bertz CT molecular complexity index is 546. The molecule has 0 amide bonds. The molecule has 0 aromatic carbocycles. The number of fused-ring (bicyclic) bond motifs is 1. The average Bonchev–Trinajstić information content (AvgIpc) is 2.57. The zero-order chi connectivity index (χ0) is 12.5. The first-order chi connectivity index (χ1) is 8.75. The summed E-state index contributed by atoms with van der Waals surface area (Å²) in [5.74, 6) is 0. The summed E-state index contributed by atoms with van der Waals surface area (Å²) in [5.41, 5.74) is 2.46. The number of rotatable bonds is 1.